The van der Waals surface area contributed by atoms with Gasteiger partial charge in [0.15, 0.2) is 0 Å². The molecule has 0 heterocycles. The van der Waals surface area contributed by atoms with Crippen LogP contribution in [-0.2, 0) is 27.2 Å². The van der Waals surface area contributed by atoms with Crippen molar-refractivity contribution in [1.82, 2.24) is 15.1 Å². The largest absolute Gasteiger partial charge is 0.357 e. The fourth-order valence-electron chi connectivity index (χ4n) is 5.38. The van der Waals surface area contributed by atoms with E-state index in [4.69, 9.17) is 5.73 Å². The summed E-state index contributed by atoms with van der Waals surface area (Å²) in [5.74, 6) is -0.835. The number of carbonyl (C=O) groups excluding carboxylic acids is 3. The van der Waals surface area contributed by atoms with Crippen molar-refractivity contribution in [3.05, 3.63) is 108 Å². The lowest BCUT2D eigenvalue weighted by atomic mass is 9.75. The zero-order valence-electron chi connectivity index (χ0n) is 24.8. The summed E-state index contributed by atoms with van der Waals surface area (Å²) in [7, 11) is 4.85. The van der Waals surface area contributed by atoms with Crippen molar-refractivity contribution in [2.24, 2.45) is 5.73 Å². The number of nitrogens with zero attached hydrogens (tertiary/aromatic N) is 2. The Labute approximate surface area is 249 Å². The van der Waals surface area contributed by atoms with E-state index in [1.807, 2.05) is 78.9 Å². The third kappa shape index (κ3) is 7.74. The number of hydrogen-bond donors (Lipinski definition) is 2. The molecule has 0 aromatic heterocycles. The molecular formula is C35H42N4O3. The van der Waals surface area contributed by atoms with Gasteiger partial charge in [-0.25, -0.2) is 0 Å². The Morgan fingerprint density at radius 1 is 0.810 bits per heavy atom. The number of nitrogens with one attached hydrogen (secondary N) is 1. The molecule has 1 aliphatic rings. The minimum Gasteiger partial charge on any atom is -0.357 e. The summed E-state index contributed by atoms with van der Waals surface area (Å²) in [6.07, 6.45) is 7.65. The normalized spacial score (nSPS) is 15.3. The molecule has 7 heteroatoms. The quantitative estimate of drug-likeness (QED) is 0.319. The van der Waals surface area contributed by atoms with Crippen LogP contribution in [0.5, 0.6) is 0 Å². The number of rotatable bonds is 12. The van der Waals surface area contributed by atoms with Gasteiger partial charge in [-0.1, -0.05) is 91.0 Å². The van der Waals surface area contributed by atoms with E-state index in [1.54, 1.807) is 21.1 Å². The lowest BCUT2D eigenvalue weighted by molar-refractivity contribution is -0.146. The molecular weight excluding hydrogens is 524 g/mol. The Morgan fingerprint density at radius 2 is 1.36 bits per heavy atom. The van der Waals surface area contributed by atoms with Crippen LogP contribution in [0.15, 0.2) is 97.1 Å². The predicted molar refractivity (Wildman–Crippen MR) is 167 cm³/mol. The van der Waals surface area contributed by atoms with Crippen LogP contribution in [0, 0.1) is 0 Å². The molecule has 3 amide bonds. The first kappa shape index (κ1) is 30.7. The van der Waals surface area contributed by atoms with E-state index in [-0.39, 0.29) is 23.3 Å². The predicted octanol–water partition coefficient (Wildman–Crippen LogP) is 4.37. The van der Waals surface area contributed by atoms with Crippen LogP contribution in [0.1, 0.15) is 36.8 Å². The Hall–Kier alpha value is -4.23. The highest BCUT2D eigenvalue weighted by molar-refractivity contribution is 5.95. The molecule has 42 heavy (non-hydrogen) atoms. The number of hydrogen-bond acceptors (Lipinski definition) is 4. The average Bonchev–Trinajstić information content (AvgIpc) is 3.01. The monoisotopic (exact) mass is 566 g/mol. The minimum absolute atomic E-state index is 0.233. The Morgan fingerprint density at radius 3 is 1.93 bits per heavy atom. The zero-order chi connectivity index (χ0) is 30.1. The summed E-state index contributed by atoms with van der Waals surface area (Å²) < 4.78 is 0. The summed E-state index contributed by atoms with van der Waals surface area (Å²) in [5.41, 5.74) is 10.1. The first-order valence-corrected chi connectivity index (χ1v) is 14.6. The standard InChI is InChI=1S/C35H42N4O3/c1-37-33(41)30(24-26-12-6-4-7-13-26)39(3)34(42)31(38(2)32(40)16-10-21-35(36)22-11-23-35)25-27-17-19-29(20-18-27)28-14-8-5-9-15-28/h4-10,12-20,30-31H,11,21-25,36H2,1-3H3,(H,37,41)/t30-,31-/m1/s1. The van der Waals surface area contributed by atoms with Gasteiger partial charge in [0, 0.05) is 39.5 Å². The van der Waals surface area contributed by atoms with Gasteiger partial charge in [0.1, 0.15) is 12.1 Å². The third-order valence-corrected chi connectivity index (χ3v) is 8.36. The van der Waals surface area contributed by atoms with Crippen molar-refractivity contribution in [2.75, 3.05) is 21.1 Å². The molecule has 0 aliphatic heterocycles. The maximum Gasteiger partial charge on any atom is 0.246 e. The molecule has 0 spiro atoms. The Kier molecular flexibility index (Phi) is 10.3. The van der Waals surface area contributed by atoms with Crippen molar-refractivity contribution in [1.29, 1.82) is 0 Å². The molecule has 3 N–H and O–H groups in total. The highest BCUT2D eigenvalue weighted by Gasteiger charge is 2.35. The van der Waals surface area contributed by atoms with Gasteiger partial charge in [0.05, 0.1) is 0 Å². The highest BCUT2D eigenvalue weighted by Crippen LogP contribution is 2.32. The number of amides is 3. The molecule has 3 aromatic carbocycles. The molecule has 1 fully saturated rings. The highest BCUT2D eigenvalue weighted by atomic mass is 16.2. The summed E-state index contributed by atoms with van der Waals surface area (Å²) in [6.45, 7) is 0. The van der Waals surface area contributed by atoms with Gasteiger partial charge < -0.3 is 20.9 Å². The van der Waals surface area contributed by atoms with Gasteiger partial charge in [0.25, 0.3) is 0 Å². The first-order chi connectivity index (χ1) is 20.2. The molecule has 220 valence electrons. The van der Waals surface area contributed by atoms with Crippen molar-refractivity contribution in [2.45, 2.75) is 56.1 Å². The van der Waals surface area contributed by atoms with E-state index < -0.39 is 12.1 Å². The van der Waals surface area contributed by atoms with Crippen LogP contribution >= 0.6 is 0 Å². The average molecular weight is 567 g/mol. The van der Waals surface area contributed by atoms with E-state index in [9.17, 15) is 14.4 Å². The molecule has 2 atom stereocenters. The molecule has 1 aliphatic carbocycles. The van der Waals surface area contributed by atoms with Gasteiger partial charge in [0.2, 0.25) is 17.7 Å². The number of nitrogens with two attached hydrogens (primary N) is 1. The molecule has 0 bridgehead atoms. The van der Waals surface area contributed by atoms with Crippen LogP contribution in [0.3, 0.4) is 0 Å². The van der Waals surface area contributed by atoms with Gasteiger partial charge in [-0.2, -0.15) is 0 Å². The summed E-state index contributed by atoms with van der Waals surface area (Å²) in [4.78, 5) is 43.4. The second kappa shape index (κ2) is 14.1. The summed E-state index contributed by atoms with van der Waals surface area (Å²) >= 11 is 0. The number of benzene rings is 3. The van der Waals surface area contributed by atoms with Gasteiger partial charge in [-0.15, -0.1) is 0 Å². The maximum atomic E-state index is 14.1. The topological polar surface area (TPSA) is 95.7 Å². The van der Waals surface area contributed by atoms with Gasteiger partial charge >= 0.3 is 0 Å². The van der Waals surface area contributed by atoms with Crippen molar-refractivity contribution in [3.8, 4) is 11.1 Å². The minimum atomic E-state index is -0.812. The molecule has 0 saturated heterocycles. The molecule has 0 unspecified atom stereocenters. The summed E-state index contributed by atoms with van der Waals surface area (Å²) in [5, 5.41) is 2.70. The van der Waals surface area contributed by atoms with Gasteiger partial charge in [-0.3, -0.25) is 14.4 Å². The molecule has 3 aromatic rings. The lowest BCUT2D eigenvalue weighted by Crippen LogP contribution is -2.55. The fraction of sp³-hybridized carbons (Fsp3) is 0.343. The second-order valence-corrected chi connectivity index (χ2v) is 11.3. The Bertz CT molecular complexity index is 1370. The zero-order valence-corrected chi connectivity index (χ0v) is 24.8. The summed E-state index contributed by atoms with van der Waals surface area (Å²) in [6, 6.07) is 26.2. The number of likely N-dealkylation sites (N-methyl/N-ethyl adjacent to an activating group) is 3. The van der Waals surface area contributed by atoms with Crippen LogP contribution in [0.2, 0.25) is 0 Å². The lowest BCUT2D eigenvalue weighted by Gasteiger charge is -2.37. The van der Waals surface area contributed by atoms with E-state index >= 15 is 0 Å². The first-order valence-electron chi connectivity index (χ1n) is 14.6. The number of carbonyl (C=O) groups is 3. The molecule has 7 nitrogen and oxygen atoms in total. The molecule has 4 rings (SSSR count). The van der Waals surface area contributed by atoms with Crippen LogP contribution in [-0.4, -0.2) is 66.3 Å². The van der Waals surface area contributed by atoms with Crippen LogP contribution in [0.4, 0.5) is 0 Å². The SMILES string of the molecule is CNC(=O)[C@@H](Cc1ccccc1)N(C)C(=O)[C@@H](Cc1ccc(-c2ccccc2)cc1)N(C)C(=O)C=CCC1(N)CCC1. The van der Waals surface area contributed by atoms with E-state index in [1.165, 1.54) is 15.9 Å². The molecule has 1 saturated carbocycles. The van der Waals surface area contributed by atoms with Crippen molar-refractivity contribution >= 4 is 17.7 Å². The maximum absolute atomic E-state index is 14.1. The van der Waals surface area contributed by atoms with Crippen molar-refractivity contribution in [3.63, 3.8) is 0 Å². The third-order valence-electron chi connectivity index (χ3n) is 8.36. The fourth-order valence-corrected chi connectivity index (χ4v) is 5.38. The van der Waals surface area contributed by atoms with E-state index in [2.05, 4.69) is 17.4 Å². The second-order valence-electron chi connectivity index (χ2n) is 11.3. The van der Waals surface area contributed by atoms with E-state index in [0.717, 1.165) is 41.5 Å². The Balaban J connectivity index is 1.58. The van der Waals surface area contributed by atoms with Crippen molar-refractivity contribution < 1.29 is 14.4 Å². The molecule has 0 radical (unpaired) electrons. The van der Waals surface area contributed by atoms with Gasteiger partial charge in [-0.05, 0) is 54.0 Å². The smallest absolute Gasteiger partial charge is 0.246 e. The van der Waals surface area contributed by atoms with E-state index in [0.29, 0.717) is 19.3 Å². The van der Waals surface area contributed by atoms with Crippen LogP contribution < -0.4 is 11.1 Å². The van der Waals surface area contributed by atoms with Crippen LogP contribution in [0.25, 0.3) is 11.1 Å².